The monoisotopic (exact) mass is 452 g/mol. The van der Waals surface area contributed by atoms with Gasteiger partial charge in [-0.1, -0.05) is 18.2 Å². The number of fused-ring (bicyclic) bond motifs is 3. The Kier molecular flexibility index (Phi) is 6.08. The minimum Gasteiger partial charge on any atom is -0.493 e. The average molecular weight is 453 g/mol. The van der Waals surface area contributed by atoms with E-state index in [1.165, 1.54) is 28.3 Å². The number of thioether (sulfide) groups is 1. The summed E-state index contributed by atoms with van der Waals surface area (Å²) in [5.74, 6) is 2.95. The average Bonchev–Trinajstić information content (AvgIpc) is 2.95. The summed E-state index contributed by atoms with van der Waals surface area (Å²) in [5, 5.41) is 3.64. The van der Waals surface area contributed by atoms with E-state index in [2.05, 4.69) is 28.4 Å². The third-order valence-electron chi connectivity index (χ3n) is 7.45. The SMILES string of the molecule is COc1cccc(C(=O)CCC[C@]23CCNC[C@H]2c2cccc4c2N3CCCS4)c1OC. The predicted octanol–water partition coefficient (Wildman–Crippen LogP) is 4.89. The normalized spacial score (nSPS) is 23.8. The van der Waals surface area contributed by atoms with Gasteiger partial charge in [-0.05, 0) is 61.7 Å². The first-order valence-corrected chi connectivity index (χ1v) is 12.7. The minimum atomic E-state index is 0.118. The van der Waals surface area contributed by atoms with Crippen LogP contribution in [0.15, 0.2) is 41.3 Å². The zero-order valence-electron chi connectivity index (χ0n) is 19.0. The number of nitrogens with zero attached hydrogens (tertiary/aromatic N) is 1. The number of methoxy groups -OCH3 is 2. The van der Waals surface area contributed by atoms with Gasteiger partial charge in [0.15, 0.2) is 17.3 Å². The molecule has 2 atom stereocenters. The van der Waals surface area contributed by atoms with Gasteiger partial charge >= 0.3 is 0 Å². The molecule has 5 rings (SSSR count). The number of hydrogen-bond acceptors (Lipinski definition) is 6. The van der Waals surface area contributed by atoms with E-state index < -0.39 is 0 Å². The van der Waals surface area contributed by atoms with Crippen molar-refractivity contribution in [2.75, 3.05) is 44.5 Å². The Labute approximate surface area is 194 Å². The third-order valence-corrected chi connectivity index (χ3v) is 8.58. The summed E-state index contributed by atoms with van der Waals surface area (Å²) >= 11 is 2.00. The molecule has 6 heteroatoms. The predicted molar refractivity (Wildman–Crippen MR) is 130 cm³/mol. The molecule has 2 aromatic carbocycles. The van der Waals surface area contributed by atoms with E-state index in [1.54, 1.807) is 14.2 Å². The maximum absolute atomic E-state index is 13.1. The molecule has 1 fully saturated rings. The van der Waals surface area contributed by atoms with Crippen LogP contribution in [0.5, 0.6) is 11.5 Å². The molecule has 170 valence electrons. The van der Waals surface area contributed by atoms with Gasteiger partial charge in [0.2, 0.25) is 0 Å². The maximum atomic E-state index is 13.1. The number of hydrogen-bond donors (Lipinski definition) is 1. The van der Waals surface area contributed by atoms with Crippen LogP contribution in [0.4, 0.5) is 5.69 Å². The molecule has 0 unspecified atom stereocenters. The molecule has 0 amide bonds. The number of benzene rings is 2. The summed E-state index contributed by atoms with van der Waals surface area (Å²) in [7, 11) is 3.20. The van der Waals surface area contributed by atoms with Crippen molar-refractivity contribution in [1.29, 1.82) is 0 Å². The Hall–Kier alpha value is -2.18. The molecule has 0 bridgehead atoms. The summed E-state index contributed by atoms with van der Waals surface area (Å²) < 4.78 is 10.9. The van der Waals surface area contributed by atoms with E-state index in [0.717, 1.165) is 38.9 Å². The van der Waals surface area contributed by atoms with E-state index in [1.807, 2.05) is 30.0 Å². The van der Waals surface area contributed by atoms with Crippen molar-refractivity contribution in [2.45, 2.75) is 48.5 Å². The quantitative estimate of drug-likeness (QED) is 0.604. The molecular weight excluding hydrogens is 420 g/mol. The number of ketones is 1. The highest BCUT2D eigenvalue weighted by atomic mass is 32.2. The van der Waals surface area contributed by atoms with Gasteiger partial charge in [-0.2, -0.15) is 0 Å². The summed E-state index contributed by atoms with van der Waals surface area (Å²) in [6.45, 7) is 3.18. The zero-order valence-corrected chi connectivity index (χ0v) is 19.8. The number of nitrogens with one attached hydrogen (secondary N) is 1. The molecule has 0 saturated carbocycles. The van der Waals surface area contributed by atoms with Crippen molar-refractivity contribution >= 4 is 23.2 Å². The fourth-order valence-electron chi connectivity index (χ4n) is 6.06. The van der Waals surface area contributed by atoms with Gasteiger partial charge < -0.3 is 19.7 Å². The number of Topliss-reactive ketones (excluding diaryl/α,β-unsaturated/α-hetero) is 1. The molecule has 0 aromatic heterocycles. The number of ether oxygens (including phenoxy) is 2. The Morgan fingerprint density at radius 2 is 2.09 bits per heavy atom. The lowest BCUT2D eigenvalue weighted by Crippen LogP contribution is -2.56. The summed E-state index contributed by atoms with van der Waals surface area (Å²) in [4.78, 5) is 17.3. The van der Waals surface area contributed by atoms with E-state index in [-0.39, 0.29) is 11.3 Å². The smallest absolute Gasteiger partial charge is 0.171 e. The highest BCUT2D eigenvalue weighted by Crippen LogP contribution is 2.56. The van der Waals surface area contributed by atoms with Gasteiger partial charge in [0.25, 0.3) is 0 Å². The molecule has 32 heavy (non-hydrogen) atoms. The van der Waals surface area contributed by atoms with Crippen LogP contribution in [0.1, 0.15) is 53.9 Å². The molecule has 1 saturated heterocycles. The van der Waals surface area contributed by atoms with Crippen molar-refractivity contribution in [1.82, 2.24) is 5.32 Å². The Morgan fingerprint density at radius 1 is 1.22 bits per heavy atom. The van der Waals surface area contributed by atoms with Crippen molar-refractivity contribution < 1.29 is 14.3 Å². The Balaban J connectivity index is 1.38. The van der Waals surface area contributed by atoms with Gasteiger partial charge in [0, 0.05) is 35.9 Å². The van der Waals surface area contributed by atoms with Gasteiger partial charge in [-0.25, -0.2) is 0 Å². The van der Waals surface area contributed by atoms with Crippen LogP contribution in [0.2, 0.25) is 0 Å². The Morgan fingerprint density at radius 3 is 2.94 bits per heavy atom. The van der Waals surface area contributed by atoms with Crippen molar-refractivity contribution in [3.05, 3.63) is 47.5 Å². The van der Waals surface area contributed by atoms with E-state index in [4.69, 9.17) is 9.47 Å². The first-order chi connectivity index (χ1) is 15.7. The van der Waals surface area contributed by atoms with Crippen LogP contribution >= 0.6 is 11.8 Å². The first kappa shape index (κ1) is 21.7. The molecule has 0 aliphatic carbocycles. The van der Waals surface area contributed by atoms with E-state index in [0.29, 0.717) is 29.4 Å². The summed E-state index contributed by atoms with van der Waals surface area (Å²) in [5.41, 5.74) is 3.72. The van der Waals surface area contributed by atoms with Crippen LogP contribution < -0.4 is 19.7 Å². The van der Waals surface area contributed by atoms with Crippen LogP contribution in [-0.4, -0.2) is 50.9 Å². The van der Waals surface area contributed by atoms with Crippen molar-refractivity contribution in [3.63, 3.8) is 0 Å². The topological polar surface area (TPSA) is 50.8 Å². The zero-order chi connectivity index (χ0) is 22.1. The van der Waals surface area contributed by atoms with Crippen LogP contribution in [-0.2, 0) is 0 Å². The highest BCUT2D eigenvalue weighted by Gasteiger charge is 2.52. The number of anilines is 1. The second kappa shape index (κ2) is 8.99. The first-order valence-electron chi connectivity index (χ1n) is 11.7. The van der Waals surface area contributed by atoms with Crippen LogP contribution in [0, 0.1) is 0 Å². The summed E-state index contributed by atoms with van der Waals surface area (Å²) in [6.07, 6.45) is 4.78. The standard InChI is InChI=1S/C26H32N2O3S/c1-30-22-10-3-8-19(25(22)31-2)21(29)9-5-12-26-13-14-27-17-20(26)18-7-4-11-23-24(18)28(26)15-6-16-32-23/h3-4,7-8,10-11,20,27H,5-6,9,12-17H2,1-2H3/t20-,26-/m0/s1. The van der Waals surface area contributed by atoms with Gasteiger partial charge in [0.1, 0.15) is 0 Å². The second-order valence-electron chi connectivity index (χ2n) is 8.98. The van der Waals surface area contributed by atoms with E-state index >= 15 is 0 Å². The molecule has 0 radical (unpaired) electrons. The van der Waals surface area contributed by atoms with Crippen LogP contribution in [0.25, 0.3) is 0 Å². The molecule has 3 heterocycles. The second-order valence-corrected chi connectivity index (χ2v) is 10.1. The lowest BCUT2D eigenvalue weighted by Gasteiger charge is -2.47. The number of piperidine rings is 1. The minimum absolute atomic E-state index is 0.118. The van der Waals surface area contributed by atoms with Crippen molar-refractivity contribution in [2.24, 2.45) is 0 Å². The van der Waals surface area contributed by atoms with Crippen molar-refractivity contribution in [3.8, 4) is 11.5 Å². The number of rotatable bonds is 7. The van der Waals surface area contributed by atoms with Gasteiger partial charge in [-0.3, -0.25) is 4.79 Å². The molecule has 3 aliphatic heterocycles. The molecule has 3 aliphatic rings. The third kappa shape index (κ3) is 3.48. The number of carbonyl (C=O) groups is 1. The van der Waals surface area contributed by atoms with E-state index in [9.17, 15) is 4.79 Å². The van der Waals surface area contributed by atoms with Crippen LogP contribution in [0.3, 0.4) is 0 Å². The summed E-state index contributed by atoms with van der Waals surface area (Å²) in [6, 6.07) is 12.4. The maximum Gasteiger partial charge on any atom is 0.171 e. The number of carbonyl (C=O) groups excluding carboxylic acids is 1. The highest BCUT2D eigenvalue weighted by molar-refractivity contribution is 7.99. The molecule has 0 spiro atoms. The lowest BCUT2D eigenvalue weighted by atomic mass is 9.73. The fraction of sp³-hybridized carbons (Fsp3) is 0.500. The molecule has 5 nitrogen and oxygen atoms in total. The fourth-order valence-corrected chi connectivity index (χ4v) is 7.09. The molecular formula is C26H32N2O3S. The lowest BCUT2D eigenvalue weighted by molar-refractivity contribution is 0.0970. The van der Waals surface area contributed by atoms with Gasteiger partial charge in [-0.15, -0.1) is 11.8 Å². The number of para-hydroxylation sites is 2. The largest absolute Gasteiger partial charge is 0.493 e. The van der Waals surface area contributed by atoms with Gasteiger partial charge in [0.05, 0.1) is 25.5 Å². The molecule has 2 aromatic rings. The Bertz CT molecular complexity index is 1010. The molecule has 1 N–H and O–H groups in total.